The third-order valence-electron chi connectivity index (χ3n) is 0.964. The summed E-state index contributed by atoms with van der Waals surface area (Å²) in [7, 11) is 0. The summed E-state index contributed by atoms with van der Waals surface area (Å²) < 4.78 is 0. The van der Waals surface area contributed by atoms with Crippen LogP contribution >= 0.6 is 23.5 Å². The minimum Gasteiger partial charge on any atom is -0.288 e. The van der Waals surface area contributed by atoms with Gasteiger partial charge in [-0.1, -0.05) is 11.8 Å². The first-order valence-corrected chi connectivity index (χ1v) is 6.13. The van der Waals surface area contributed by atoms with Crippen LogP contribution < -0.4 is 0 Å². The number of rotatable bonds is 1. The summed E-state index contributed by atoms with van der Waals surface area (Å²) >= 11 is 2.94. The highest BCUT2D eigenvalue weighted by molar-refractivity contribution is 8.13. The molecular formula is C8H17NOS2. The van der Waals surface area contributed by atoms with Crippen LogP contribution in [0.3, 0.4) is 0 Å². The van der Waals surface area contributed by atoms with E-state index in [0.717, 1.165) is 6.54 Å². The van der Waals surface area contributed by atoms with Crippen LogP contribution in [0, 0.1) is 0 Å². The average molecular weight is 207 g/mol. The Morgan fingerprint density at radius 2 is 1.67 bits per heavy atom. The number of hydrogen-bond acceptors (Lipinski definition) is 4. The van der Waals surface area contributed by atoms with Crippen LogP contribution in [0.2, 0.25) is 0 Å². The second-order valence-electron chi connectivity index (χ2n) is 1.89. The molecule has 0 saturated carbocycles. The summed E-state index contributed by atoms with van der Waals surface area (Å²) in [6.45, 7) is 6.52. The van der Waals surface area contributed by atoms with Crippen LogP contribution in [0.1, 0.15) is 20.8 Å². The average Bonchev–Trinajstić information content (AvgIpc) is 2.06. The first-order chi connectivity index (χ1) is 5.58. The molecule has 0 spiro atoms. The van der Waals surface area contributed by atoms with E-state index in [0.29, 0.717) is 0 Å². The van der Waals surface area contributed by atoms with Crippen molar-refractivity contribution in [1.29, 1.82) is 0 Å². The molecule has 0 aliphatic rings. The Morgan fingerprint density at radius 1 is 1.25 bits per heavy atom. The fourth-order valence-corrected chi connectivity index (χ4v) is 0.545. The van der Waals surface area contributed by atoms with Crippen LogP contribution in [0.5, 0.6) is 0 Å². The molecule has 0 aromatic heterocycles. The number of hydrogen-bond donors (Lipinski definition) is 0. The standard InChI is InChI=1S/C5H11NS.C3H6OS/c1-4-6-5(2)7-3;1-3(4)5-2/h4H2,1-3H3;1-2H3. The van der Waals surface area contributed by atoms with E-state index >= 15 is 0 Å². The van der Waals surface area contributed by atoms with Crippen molar-refractivity contribution in [2.45, 2.75) is 20.8 Å². The molecule has 0 aromatic rings. The van der Waals surface area contributed by atoms with Crippen LogP contribution in [0.15, 0.2) is 4.99 Å². The molecule has 0 rings (SSSR count). The number of carbonyl (C=O) groups is 1. The number of aliphatic imine (C=N–C) groups is 1. The van der Waals surface area contributed by atoms with Crippen molar-refractivity contribution in [3.05, 3.63) is 0 Å². The van der Waals surface area contributed by atoms with Crippen molar-refractivity contribution in [1.82, 2.24) is 0 Å². The molecule has 0 atom stereocenters. The maximum Gasteiger partial charge on any atom is 0.185 e. The van der Waals surface area contributed by atoms with Crippen LogP contribution in [0.25, 0.3) is 0 Å². The monoisotopic (exact) mass is 207 g/mol. The van der Waals surface area contributed by atoms with Gasteiger partial charge in [0.1, 0.15) is 0 Å². The van der Waals surface area contributed by atoms with Gasteiger partial charge in [0.15, 0.2) is 5.12 Å². The topological polar surface area (TPSA) is 29.4 Å². The molecule has 0 unspecified atom stereocenters. The molecule has 0 radical (unpaired) electrons. The molecule has 0 aliphatic carbocycles. The Kier molecular flexibility index (Phi) is 13.4. The highest BCUT2D eigenvalue weighted by Crippen LogP contribution is 1.94. The smallest absolute Gasteiger partial charge is 0.185 e. The first kappa shape index (κ1) is 14.6. The van der Waals surface area contributed by atoms with Crippen LogP contribution in [-0.2, 0) is 4.79 Å². The quantitative estimate of drug-likeness (QED) is 0.489. The van der Waals surface area contributed by atoms with E-state index in [2.05, 4.69) is 4.99 Å². The molecule has 4 heteroatoms. The molecule has 0 heterocycles. The largest absolute Gasteiger partial charge is 0.288 e. The third kappa shape index (κ3) is 16.6. The second kappa shape index (κ2) is 11.0. The number of thioether (sulfide) groups is 2. The fraction of sp³-hybridized carbons (Fsp3) is 0.750. The predicted molar refractivity (Wildman–Crippen MR) is 61.4 cm³/mol. The molecular weight excluding hydrogens is 190 g/mol. The summed E-state index contributed by atoms with van der Waals surface area (Å²) in [5, 5.41) is 1.34. The lowest BCUT2D eigenvalue weighted by atomic mass is 10.7. The van der Waals surface area contributed by atoms with E-state index in [9.17, 15) is 4.79 Å². The van der Waals surface area contributed by atoms with Crippen molar-refractivity contribution in [3.63, 3.8) is 0 Å². The molecule has 0 fully saturated rings. The van der Waals surface area contributed by atoms with Gasteiger partial charge in [0.25, 0.3) is 0 Å². The molecule has 0 amide bonds. The lowest BCUT2D eigenvalue weighted by molar-refractivity contribution is -0.109. The van der Waals surface area contributed by atoms with E-state index in [1.165, 1.54) is 16.8 Å². The van der Waals surface area contributed by atoms with Gasteiger partial charge < -0.3 is 0 Å². The van der Waals surface area contributed by atoms with E-state index in [-0.39, 0.29) is 5.12 Å². The molecule has 72 valence electrons. The summed E-state index contributed by atoms with van der Waals surface area (Å²) in [4.78, 5) is 13.9. The van der Waals surface area contributed by atoms with Gasteiger partial charge in [-0.15, -0.1) is 11.8 Å². The van der Waals surface area contributed by atoms with Crippen LogP contribution in [-0.4, -0.2) is 29.2 Å². The molecule has 0 aromatic carbocycles. The van der Waals surface area contributed by atoms with E-state index < -0.39 is 0 Å². The SMILES string of the molecule is CCN=C(C)SC.CSC(C)=O. The van der Waals surface area contributed by atoms with E-state index in [1.807, 2.05) is 20.1 Å². The first-order valence-electron chi connectivity index (χ1n) is 3.68. The van der Waals surface area contributed by atoms with Gasteiger partial charge in [-0.2, -0.15) is 0 Å². The zero-order chi connectivity index (χ0) is 9.98. The zero-order valence-corrected chi connectivity index (χ0v) is 10.0. The maximum absolute atomic E-state index is 9.78. The Morgan fingerprint density at radius 3 is 1.75 bits per heavy atom. The fourth-order valence-electron chi connectivity index (χ4n) is 0.287. The molecule has 2 nitrogen and oxygen atoms in total. The molecule has 12 heavy (non-hydrogen) atoms. The van der Waals surface area contributed by atoms with Gasteiger partial charge >= 0.3 is 0 Å². The third-order valence-corrected chi connectivity index (χ3v) is 2.26. The molecule has 0 bridgehead atoms. The summed E-state index contributed by atoms with van der Waals surface area (Å²) in [6.07, 6.45) is 3.80. The molecule has 0 N–H and O–H groups in total. The Hall–Kier alpha value is 0.0400. The zero-order valence-electron chi connectivity index (χ0n) is 8.38. The number of carbonyl (C=O) groups excluding carboxylic acids is 1. The van der Waals surface area contributed by atoms with Gasteiger partial charge in [0.05, 0.1) is 5.04 Å². The number of nitrogens with zero attached hydrogens (tertiary/aromatic N) is 1. The highest BCUT2D eigenvalue weighted by atomic mass is 32.2. The summed E-state index contributed by atoms with van der Waals surface area (Å²) in [6, 6.07) is 0. The van der Waals surface area contributed by atoms with Crippen molar-refractivity contribution >= 4 is 33.7 Å². The minimum atomic E-state index is 0.171. The summed E-state index contributed by atoms with van der Waals surface area (Å²) in [5.41, 5.74) is 0. The second-order valence-corrected chi connectivity index (χ2v) is 3.88. The predicted octanol–water partition coefficient (Wildman–Crippen LogP) is 2.68. The highest BCUT2D eigenvalue weighted by Gasteiger charge is 1.78. The Balaban J connectivity index is 0. The van der Waals surface area contributed by atoms with Gasteiger partial charge in [-0.3, -0.25) is 9.79 Å². The van der Waals surface area contributed by atoms with Crippen molar-refractivity contribution in [2.75, 3.05) is 19.1 Å². The minimum absolute atomic E-state index is 0.171. The lowest BCUT2D eigenvalue weighted by Crippen LogP contribution is -1.80. The van der Waals surface area contributed by atoms with Crippen molar-refractivity contribution in [2.24, 2.45) is 4.99 Å². The lowest BCUT2D eigenvalue weighted by Gasteiger charge is -1.87. The van der Waals surface area contributed by atoms with Gasteiger partial charge in [0, 0.05) is 13.5 Å². The molecule has 0 aliphatic heterocycles. The summed E-state index contributed by atoms with van der Waals surface area (Å²) in [5.74, 6) is 0. The molecule has 0 saturated heterocycles. The van der Waals surface area contributed by atoms with E-state index in [4.69, 9.17) is 0 Å². The van der Waals surface area contributed by atoms with Gasteiger partial charge in [0.2, 0.25) is 0 Å². The van der Waals surface area contributed by atoms with Crippen molar-refractivity contribution < 1.29 is 4.79 Å². The van der Waals surface area contributed by atoms with Gasteiger partial charge in [-0.05, 0) is 26.4 Å². The Labute approximate surface area is 83.6 Å². The maximum atomic E-state index is 9.78. The van der Waals surface area contributed by atoms with Crippen LogP contribution in [0.4, 0.5) is 0 Å². The Bertz CT molecular complexity index is 146. The van der Waals surface area contributed by atoms with Crippen molar-refractivity contribution in [3.8, 4) is 0 Å². The van der Waals surface area contributed by atoms with E-state index in [1.54, 1.807) is 24.9 Å². The normalized spacial score (nSPS) is 10.2. The van der Waals surface area contributed by atoms with Gasteiger partial charge in [-0.25, -0.2) is 0 Å².